The number of rotatable bonds is 5. The summed E-state index contributed by atoms with van der Waals surface area (Å²) in [5, 5.41) is 4.79. The van der Waals surface area contributed by atoms with E-state index < -0.39 is 17.3 Å². The Bertz CT molecular complexity index is 1750. The Kier molecular flexibility index (Phi) is 6.48. The van der Waals surface area contributed by atoms with Crippen LogP contribution in [0.25, 0.3) is 28.0 Å². The second kappa shape index (κ2) is 9.78. The van der Waals surface area contributed by atoms with Gasteiger partial charge >= 0.3 is 6.18 Å². The lowest BCUT2D eigenvalue weighted by Crippen LogP contribution is -2.20. The molecule has 8 heteroatoms. The van der Waals surface area contributed by atoms with E-state index in [0.29, 0.717) is 10.9 Å². The normalized spacial score (nSPS) is 12.1. The molecule has 38 heavy (non-hydrogen) atoms. The van der Waals surface area contributed by atoms with Crippen LogP contribution < -0.4 is 5.56 Å². The maximum absolute atomic E-state index is 13.5. The maximum atomic E-state index is 13.5. The molecule has 0 aliphatic rings. The topological polar surface area (TPSA) is 52.2 Å². The van der Waals surface area contributed by atoms with Crippen molar-refractivity contribution in [3.05, 3.63) is 117 Å². The number of nitrogens with zero attached hydrogens (tertiary/aromatic N) is 4. The van der Waals surface area contributed by atoms with E-state index in [2.05, 4.69) is 33.7 Å². The fourth-order valence-corrected chi connectivity index (χ4v) is 4.69. The van der Waals surface area contributed by atoms with Crippen molar-refractivity contribution in [3.8, 4) is 17.1 Å². The third-order valence-corrected chi connectivity index (χ3v) is 6.60. The summed E-state index contributed by atoms with van der Waals surface area (Å²) in [5.41, 5.74) is 4.19. The highest BCUT2D eigenvalue weighted by atomic mass is 19.4. The van der Waals surface area contributed by atoms with Crippen LogP contribution in [0.5, 0.6) is 0 Å². The first-order chi connectivity index (χ1) is 18.2. The van der Waals surface area contributed by atoms with Gasteiger partial charge in [-0.25, -0.2) is 4.98 Å². The molecule has 0 fully saturated rings. The first-order valence-corrected chi connectivity index (χ1v) is 12.2. The van der Waals surface area contributed by atoms with Crippen LogP contribution in [0.4, 0.5) is 13.2 Å². The van der Waals surface area contributed by atoms with Crippen molar-refractivity contribution in [2.24, 2.45) is 5.10 Å². The largest absolute Gasteiger partial charge is 0.416 e. The number of para-hydroxylation sites is 2. The third-order valence-electron chi connectivity index (χ3n) is 6.60. The summed E-state index contributed by atoms with van der Waals surface area (Å²) in [4.78, 5) is 18.0. The van der Waals surface area contributed by atoms with Gasteiger partial charge in [-0.15, -0.1) is 0 Å². The highest BCUT2D eigenvalue weighted by molar-refractivity contribution is 5.83. The van der Waals surface area contributed by atoms with E-state index in [1.165, 1.54) is 17.7 Å². The van der Waals surface area contributed by atoms with Crippen molar-refractivity contribution in [2.75, 3.05) is 0 Å². The van der Waals surface area contributed by atoms with E-state index >= 15 is 0 Å². The van der Waals surface area contributed by atoms with Gasteiger partial charge in [0.15, 0.2) is 5.82 Å². The molecular formula is C30H25F3N4O. The number of halogens is 3. The van der Waals surface area contributed by atoms with Crippen LogP contribution in [0.1, 0.15) is 35.0 Å². The predicted octanol–water partition coefficient (Wildman–Crippen LogP) is 6.93. The van der Waals surface area contributed by atoms with Crippen LogP contribution in [0.2, 0.25) is 0 Å². The molecule has 0 amide bonds. The van der Waals surface area contributed by atoms with Gasteiger partial charge in [0, 0.05) is 28.2 Å². The lowest BCUT2D eigenvalue weighted by Gasteiger charge is -2.14. The number of hydrogen-bond acceptors (Lipinski definition) is 3. The first kappa shape index (κ1) is 25.2. The summed E-state index contributed by atoms with van der Waals surface area (Å²) in [5.74, 6) is 0.0289. The molecule has 2 aromatic heterocycles. The van der Waals surface area contributed by atoms with Crippen molar-refractivity contribution in [3.63, 3.8) is 0 Å². The average molecular weight is 515 g/mol. The smallest absolute Gasteiger partial charge is 0.318 e. The minimum atomic E-state index is -4.53. The van der Waals surface area contributed by atoms with Crippen LogP contribution in [0.3, 0.4) is 0 Å². The molecule has 0 bridgehead atoms. The van der Waals surface area contributed by atoms with Crippen LogP contribution in [0, 0.1) is 13.8 Å². The van der Waals surface area contributed by atoms with Gasteiger partial charge in [0.05, 0.1) is 22.7 Å². The second-order valence-corrected chi connectivity index (χ2v) is 9.04. The summed E-state index contributed by atoms with van der Waals surface area (Å²) in [6, 6.07) is 21.6. The SMILES string of the molecule is CCc1ccccc1-n1c(C)cc(C=Nn2c(-c3cccc(C(F)(F)F)c3)nc3ccccc3c2=O)c1C. The van der Waals surface area contributed by atoms with Crippen molar-refractivity contribution >= 4 is 17.1 Å². The van der Waals surface area contributed by atoms with E-state index in [4.69, 9.17) is 0 Å². The molecule has 5 rings (SSSR count). The molecule has 0 saturated heterocycles. The highest BCUT2D eigenvalue weighted by Crippen LogP contribution is 2.32. The molecule has 0 saturated carbocycles. The van der Waals surface area contributed by atoms with Crippen LogP contribution in [0.15, 0.2) is 88.8 Å². The fourth-order valence-electron chi connectivity index (χ4n) is 4.69. The fraction of sp³-hybridized carbons (Fsp3) is 0.167. The molecular weight excluding hydrogens is 489 g/mol. The maximum Gasteiger partial charge on any atom is 0.416 e. The molecule has 0 aliphatic heterocycles. The van der Waals surface area contributed by atoms with Crippen molar-refractivity contribution in [1.29, 1.82) is 0 Å². The Morgan fingerprint density at radius 2 is 1.68 bits per heavy atom. The van der Waals surface area contributed by atoms with Crippen molar-refractivity contribution in [2.45, 2.75) is 33.4 Å². The molecule has 2 heterocycles. The van der Waals surface area contributed by atoms with Crippen molar-refractivity contribution in [1.82, 2.24) is 14.2 Å². The monoisotopic (exact) mass is 514 g/mol. The van der Waals surface area contributed by atoms with Gasteiger partial charge in [-0.05, 0) is 62.2 Å². The van der Waals surface area contributed by atoms with Gasteiger partial charge in [-0.1, -0.05) is 49.4 Å². The Morgan fingerprint density at radius 3 is 2.45 bits per heavy atom. The number of aryl methyl sites for hydroxylation is 2. The molecule has 5 aromatic rings. The van der Waals surface area contributed by atoms with E-state index in [-0.39, 0.29) is 11.4 Å². The Labute approximate surface area is 217 Å². The van der Waals surface area contributed by atoms with Gasteiger partial charge in [-0.2, -0.15) is 22.9 Å². The summed E-state index contributed by atoms with van der Waals surface area (Å²) in [6.07, 6.45) is -2.11. The molecule has 0 aliphatic carbocycles. The van der Waals surface area contributed by atoms with Gasteiger partial charge in [-0.3, -0.25) is 4.79 Å². The summed E-state index contributed by atoms with van der Waals surface area (Å²) >= 11 is 0. The minimum absolute atomic E-state index is 0.0289. The molecule has 5 nitrogen and oxygen atoms in total. The molecule has 192 valence electrons. The quantitative estimate of drug-likeness (QED) is 0.239. The molecule has 0 N–H and O–H groups in total. The average Bonchev–Trinajstić information content (AvgIpc) is 3.20. The lowest BCUT2D eigenvalue weighted by atomic mass is 10.1. The third kappa shape index (κ3) is 4.53. The van der Waals surface area contributed by atoms with Crippen LogP contribution in [-0.2, 0) is 12.6 Å². The standard InChI is InChI=1S/C30H25F3N4O/c1-4-21-10-5-8-15-27(21)36-19(2)16-23(20(36)3)18-34-37-28(22-11-9-12-24(17-22)30(31,32)33)35-26-14-7-6-13-25(26)29(37)38/h5-18H,4H2,1-3H3. The number of aromatic nitrogens is 3. The van der Waals surface area contributed by atoms with Crippen molar-refractivity contribution < 1.29 is 13.2 Å². The van der Waals surface area contributed by atoms with Crippen LogP contribution >= 0.6 is 0 Å². The molecule has 0 atom stereocenters. The predicted molar refractivity (Wildman–Crippen MR) is 144 cm³/mol. The van der Waals surface area contributed by atoms with Gasteiger partial charge in [0.2, 0.25) is 0 Å². The number of fused-ring (bicyclic) bond motifs is 1. The summed E-state index contributed by atoms with van der Waals surface area (Å²) in [6.45, 7) is 6.06. The molecule has 0 spiro atoms. The highest BCUT2D eigenvalue weighted by Gasteiger charge is 2.31. The number of hydrogen-bond donors (Lipinski definition) is 0. The first-order valence-electron chi connectivity index (χ1n) is 12.2. The second-order valence-electron chi connectivity index (χ2n) is 9.04. The zero-order valence-electron chi connectivity index (χ0n) is 21.1. The number of benzene rings is 3. The van der Waals surface area contributed by atoms with E-state index in [1.807, 2.05) is 32.0 Å². The zero-order valence-corrected chi connectivity index (χ0v) is 21.1. The molecule has 3 aromatic carbocycles. The Morgan fingerprint density at radius 1 is 0.947 bits per heavy atom. The zero-order chi connectivity index (χ0) is 27.0. The van der Waals surface area contributed by atoms with E-state index in [1.54, 1.807) is 30.5 Å². The van der Waals surface area contributed by atoms with Crippen LogP contribution in [-0.4, -0.2) is 20.4 Å². The van der Waals surface area contributed by atoms with Gasteiger partial charge in [0.1, 0.15) is 0 Å². The number of alkyl halides is 3. The molecule has 0 radical (unpaired) electrons. The van der Waals surface area contributed by atoms with Gasteiger partial charge in [0.25, 0.3) is 5.56 Å². The summed E-state index contributed by atoms with van der Waals surface area (Å²) in [7, 11) is 0. The van der Waals surface area contributed by atoms with E-state index in [0.717, 1.165) is 45.9 Å². The lowest BCUT2D eigenvalue weighted by molar-refractivity contribution is -0.137. The van der Waals surface area contributed by atoms with E-state index in [9.17, 15) is 18.0 Å². The minimum Gasteiger partial charge on any atom is -0.318 e. The Hall–Kier alpha value is -4.46. The Balaban J connectivity index is 1.68. The summed E-state index contributed by atoms with van der Waals surface area (Å²) < 4.78 is 43.5. The molecule has 0 unspecified atom stereocenters. The van der Waals surface area contributed by atoms with Gasteiger partial charge < -0.3 is 4.57 Å².